The minimum atomic E-state index is -0.390. The number of nitrogens with zero attached hydrogens (tertiary/aromatic N) is 2. The maximum atomic E-state index is 12.7. The highest BCUT2D eigenvalue weighted by molar-refractivity contribution is 6.09. The number of anilines is 1. The van der Waals surface area contributed by atoms with E-state index in [4.69, 9.17) is 0 Å². The number of hydrogen-bond acceptors (Lipinski definition) is 4. The molecule has 7 heteroatoms. The van der Waals surface area contributed by atoms with Gasteiger partial charge in [0, 0.05) is 5.56 Å². The van der Waals surface area contributed by atoms with Gasteiger partial charge in [0.05, 0.1) is 28.6 Å². The van der Waals surface area contributed by atoms with Crippen LogP contribution in [0.5, 0.6) is 0 Å². The zero-order valence-corrected chi connectivity index (χ0v) is 16.4. The number of amides is 3. The Morgan fingerprint density at radius 3 is 2.40 bits per heavy atom. The fraction of sp³-hybridized carbons (Fsp3) is 0.304. The molecule has 2 unspecified atom stereocenters. The monoisotopic (exact) mass is 402 g/mol. The van der Waals surface area contributed by atoms with Crippen LogP contribution in [0.15, 0.2) is 48.5 Å². The first kappa shape index (κ1) is 18.5. The zero-order chi connectivity index (χ0) is 20.7. The molecule has 2 aromatic carbocycles. The number of aromatic nitrogens is 2. The quantitative estimate of drug-likeness (QED) is 0.655. The van der Waals surface area contributed by atoms with Crippen LogP contribution in [-0.2, 0) is 14.4 Å². The lowest BCUT2D eigenvalue weighted by Crippen LogP contribution is -2.38. The molecule has 1 saturated carbocycles. The van der Waals surface area contributed by atoms with E-state index >= 15 is 0 Å². The van der Waals surface area contributed by atoms with Crippen molar-refractivity contribution in [3.63, 3.8) is 0 Å². The number of para-hydroxylation sites is 3. The molecule has 2 atom stereocenters. The van der Waals surface area contributed by atoms with E-state index in [9.17, 15) is 14.4 Å². The largest absolute Gasteiger partial charge is 0.338 e. The van der Waals surface area contributed by atoms with Gasteiger partial charge in [-0.25, -0.2) is 4.98 Å². The molecule has 2 aliphatic rings. The van der Waals surface area contributed by atoms with Gasteiger partial charge in [0.15, 0.2) is 0 Å². The van der Waals surface area contributed by atoms with Crippen LogP contribution in [-0.4, -0.2) is 39.1 Å². The molecular formula is C23H22N4O3. The number of aromatic amines is 1. The normalized spacial score (nSPS) is 21.1. The number of likely N-dealkylation sites (tertiary alicyclic amines) is 1. The summed E-state index contributed by atoms with van der Waals surface area (Å²) >= 11 is 0. The fourth-order valence-electron chi connectivity index (χ4n) is 4.60. The second-order valence-electron chi connectivity index (χ2n) is 7.96. The standard InChI is InChI=1S/C23H22N4O3/c28-20(13-27-22(29)14-7-1-2-8-15(14)23(27)30)24-17-10-4-3-9-16(17)21-25-18-11-5-6-12-19(18)26-21/h3-6,9-12,14-15H,1-2,7-8,13H2,(H,24,28)(H,25,26). The third kappa shape index (κ3) is 3.16. The van der Waals surface area contributed by atoms with Crippen molar-refractivity contribution in [3.05, 3.63) is 48.5 Å². The number of nitrogens with one attached hydrogen (secondary N) is 2. The molecule has 1 aromatic heterocycles. The lowest BCUT2D eigenvalue weighted by atomic mass is 9.81. The summed E-state index contributed by atoms with van der Waals surface area (Å²) in [5.41, 5.74) is 3.07. The van der Waals surface area contributed by atoms with Crippen molar-refractivity contribution >= 4 is 34.4 Å². The van der Waals surface area contributed by atoms with Crippen LogP contribution in [0, 0.1) is 11.8 Å². The number of carbonyl (C=O) groups is 3. The molecular weight excluding hydrogens is 380 g/mol. The Morgan fingerprint density at radius 1 is 1.00 bits per heavy atom. The molecule has 2 fully saturated rings. The zero-order valence-electron chi connectivity index (χ0n) is 16.4. The molecule has 0 spiro atoms. The van der Waals surface area contributed by atoms with E-state index in [1.807, 2.05) is 42.5 Å². The molecule has 5 rings (SSSR count). The number of rotatable bonds is 4. The van der Waals surface area contributed by atoms with Crippen LogP contribution in [0.3, 0.4) is 0 Å². The Morgan fingerprint density at radius 2 is 1.67 bits per heavy atom. The van der Waals surface area contributed by atoms with Crippen molar-refractivity contribution in [1.29, 1.82) is 0 Å². The summed E-state index contributed by atoms with van der Waals surface area (Å²) in [6.07, 6.45) is 3.40. The molecule has 3 amide bonds. The summed E-state index contributed by atoms with van der Waals surface area (Å²) in [5.74, 6) is -0.648. The molecule has 30 heavy (non-hydrogen) atoms. The highest BCUT2D eigenvalue weighted by Crippen LogP contribution is 2.38. The summed E-state index contributed by atoms with van der Waals surface area (Å²) in [7, 11) is 0. The lowest BCUT2D eigenvalue weighted by molar-refractivity contribution is -0.142. The second-order valence-corrected chi connectivity index (χ2v) is 7.96. The number of imide groups is 1. The van der Waals surface area contributed by atoms with Gasteiger partial charge in [-0.1, -0.05) is 37.1 Å². The summed E-state index contributed by atoms with van der Waals surface area (Å²) in [5, 5.41) is 2.86. The fourth-order valence-corrected chi connectivity index (χ4v) is 4.60. The third-order valence-corrected chi connectivity index (χ3v) is 6.08. The summed E-state index contributed by atoms with van der Waals surface area (Å²) < 4.78 is 0. The van der Waals surface area contributed by atoms with Gasteiger partial charge in [0.1, 0.15) is 12.4 Å². The molecule has 2 N–H and O–H groups in total. The molecule has 1 aliphatic carbocycles. The van der Waals surface area contributed by atoms with Gasteiger partial charge in [-0.05, 0) is 37.1 Å². The summed E-state index contributed by atoms with van der Waals surface area (Å²) in [6.45, 7) is -0.251. The first-order valence-corrected chi connectivity index (χ1v) is 10.3. The van der Waals surface area contributed by atoms with Crippen LogP contribution in [0.2, 0.25) is 0 Å². The first-order chi connectivity index (χ1) is 14.6. The van der Waals surface area contributed by atoms with Crippen molar-refractivity contribution in [2.45, 2.75) is 25.7 Å². The average Bonchev–Trinajstić information content (AvgIpc) is 3.30. The Bertz CT molecular complexity index is 1100. The minimum Gasteiger partial charge on any atom is -0.338 e. The third-order valence-electron chi connectivity index (χ3n) is 6.08. The van der Waals surface area contributed by atoms with Crippen LogP contribution in [0.1, 0.15) is 25.7 Å². The van der Waals surface area contributed by atoms with Crippen LogP contribution in [0.25, 0.3) is 22.4 Å². The number of H-pyrrole nitrogens is 1. The van der Waals surface area contributed by atoms with Crippen molar-refractivity contribution < 1.29 is 14.4 Å². The molecule has 0 radical (unpaired) electrons. The van der Waals surface area contributed by atoms with Crippen LogP contribution < -0.4 is 5.32 Å². The van der Waals surface area contributed by atoms with E-state index in [2.05, 4.69) is 15.3 Å². The average molecular weight is 402 g/mol. The van der Waals surface area contributed by atoms with Crippen molar-refractivity contribution in [1.82, 2.24) is 14.9 Å². The number of carbonyl (C=O) groups excluding carboxylic acids is 3. The van der Waals surface area contributed by atoms with Crippen LogP contribution >= 0.6 is 0 Å². The number of benzene rings is 2. The van der Waals surface area contributed by atoms with E-state index in [0.29, 0.717) is 11.5 Å². The predicted molar refractivity (Wildman–Crippen MR) is 112 cm³/mol. The number of imidazole rings is 1. The van der Waals surface area contributed by atoms with Gasteiger partial charge in [-0.3, -0.25) is 19.3 Å². The van der Waals surface area contributed by atoms with E-state index in [-0.39, 0.29) is 36.1 Å². The second kappa shape index (κ2) is 7.40. The molecule has 0 bridgehead atoms. The molecule has 2 heterocycles. The lowest BCUT2D eigenvalue weighted by Gasteiger charge is -2.19. The minimum absolute atomic E-state index is 0.203. The van der Waals surface area contributed by atoms with Crippen molar-refractivity contribution in [2.75, 3.05) is 11.9 Å². The van der Waals surface area contributed by atoms with Gasteiger partial charge in [0.2, 0.25) is 17.7 Å². The summed E-state index contributed by atoms with van der Waals surface area (Å²) in [4.78, 5) is 47.0. The number of hydrogen-bond donors (Lipinski definition) is 2. The maximum absolute atomic E-state index is 12.7. The van der Waals surface area contributed by atoms with E-state index in [1.165, 1.54) is 0 Å². The molecule has 1 saturated heterocycles. The number of fused-ring (bicyclic) bond motifs is 2. The van der Waals surface area contributed by atoms with E-state index in [1.54, 1.807) is 6.07 Å². The Hall–Kier alpha value is -3.48. The topological polar surface area (TPSA) is 95.2 Å². The summed E-state index contributed by atoms with van der Waals surface area (Å²) in [6, 6.07) is 15.1. The van der Waals surface area contributed by atoms with Crippen LogP contribution in [0.4, 0.5) is 5.69 Å². The van der Waals surface area contributed by atoms with Gasteiger partial charge in [-0.15, -0.1) is 0 Å². The molecule has 152 valence electrons. The maximum Gasteiger partial charge on any atom is 0.244 e. The smallest absolute Gasteiger partial charge is 0.244 e. The molecule has 3 aromatic rings. The van der Waals surface area contributed by atoms with Gasteiger partial charge >= 0.3 is 0 Å². The van der Waals surface area contributed by atoms with E-state index in [0.717, 1.165) is 47.2 Å². The Balaban J connectivity index is 1.36. The SMILES string of the molecule is O=C(CN1C(=O)C2CCCCC2C1=O)Nc1ccccc1-c1nc2ccccc2[nH]1. The molecule has 7 nitrogen and oxygen atoms in total. The molecule has 1 aliphatic heterocycles. The first-order valence-electron chi connectivity index (χ1n) is 10.3. The van der Waals surface area contributed by atoms with E-state index < -0.39 is 0 Å². The predicted octanol–water partition coefficient (Wildman–Crippen LogP) is 3.34. The van der Waals surface area contributed by atoms with Gasteiger partial charge in [-0.2, -0.15) is 0 Å². The van der Waals surface area contributed by atoms with Crippen molar-refractivity contribution in [2.24, 2.45) is 11.8 Å². The van der Waals surface area contributed by atoms with Crippen molar-refractivity contribution in [3.8, 4) is 11.4 Å². The van der Waals surface area contributed by atoms with Gasteiger partial charge < -0.3 is 10.3 Å². The van der Waals surface area contributed by atoms with Gasteiger partial charge in [0.25, 0.3) is 0 Å². The highest BCUT2D eigenvalue weighted by atomic mass is 16.2. The Kier molecular flexibility index (Phi) is 4.58. The Labute approximate surface area is 173 Å². The highest BCUT2D eigenvalue weighted by Gasteiger charge is 2.48.